The lowest BCUT2D eigenvalue weighted by Crippen LogP contribution is -2.54. The second kappa shape index (κ2) is 9.34. The molecule has 2 aromatic rings. The van der Waals surface area contributed by atoms with Gasteiger partial charge in [-0.05, 0) is 55.0 Å². The van der Waals surface area contributed by atoms with Crippen LogP contribution in [0.2, 0.25) is 10.0 Å². The highest BCUT2D eigenvalue weighted by Crippen LogP contribution is 2.37. The average Bonchev–Trinajstić information content (AvgIpc) is 2.69. The minimum absolute atomic E-state index is 0.0883. The number of carbonyl (C=O) groups is 2. The van der Waals surface area contributed by atoms with Crippen LogP contribution in [0.3, 0.4) is 0 Å². The van der Waals surface area contributed by atoms with Crippen molar-refractivity contribution < 1.29 is 19.1 Å². The molecule has 10 heteroatoms. The molecule has 2 aromatic carbocycles. The standard InChI is InChI=1S/C20H15BrCl2N2O4S/c1-3-29-16-9-12(21)10(8-15(16)28-2)7-11-18(26)24-20(30)25(19(11)27)14-6-4-5-13(22)17(14)23/h4-9H,3H2,1-2H3,(H,24,26,30)/b11-7+. The zero-order valence-corrected chi connectivity index (χ0v) is 19.7. The molecule has 0 spiro atoms. The van der Waals surface area contributed by atoms with E-state index in [1.807, 2.05) is 6.92 Å². The first-order valence-electron chi connectivity index (χ1n) is 8.64. The summed E-state index contributed by atoms with van der Waals surface area (Å²) in [6.45, 7) is 2.31. The lowest BCUT2D eigenvalue weighted by atomic mass is 10.1. The second-order valence-corrected chi connectivity index (χ2v) is 8.01. The van der Waals surface area contributed by atoms with Crippen LogP contribution in [0.4, 0.5) is 5.69 Å². The molecule has 3 rings (SSSR count). The summed E-state index contributed by atoms with van der Waals surface area (Å²) >= 11 is 21.0. The van der Waals surface area contributed by atoms with Gasteiger partial charge in [-0.2, -0.15) is 0 Å². The normalized spacial score (nSPS) is 15.4. The summed E-state index contributed by atoms with van der Waals surface area (Å²) in [4.78, 5) is 26.9. The summed E-state index contributed by atoms with van der Waals surface area (Å²) in [6.07, 6.45) is 1.44. The van der Waals surface area contributed by atoms with E-state index in [2.05, 4.69) is 21.2 Å². The Morgan fingerprint density at radius 1 is 1.23 bits per heavy atom. The maximum atomic E-state index is 13.2. The number of carbonyl (C=O) groups excluding carboxylic acids is 2. The van der Waals surface area contributed by atoms with E-state index in [1.54, 1.807) is 30.3 Å². The second-order valence-electron chi connectivity index (χ2n) is 5.99. The van der Waals surface area contributed by atoms with Crippen LogP contribution < -0.4 is 19.7 Å². The smallest absolute Gasteiger partial charge is 0.270 e. The van der Waals surface area contributed by atoms with E-state index in [9.17, 15) is 9.59 Å². The van der Waals surface area contributed by atoms with E-state index in [0.29, 0.717) is 28.1 Å². The lowest BCUT2D eigenvalue weighted by Gasteiger charge is -2.29. The van der Waals surface area contributed by atoms with Gasteiger partial charge >= 0.3 is 0 Å². The minimum atomic E-state index is -0.632. The van der Waals surface area contributed by atoms with E-state index in [1.165, 1.54) is 13.2 Å². The number of hydrogen-bond acceptors (Lipinski definition) is 5. The van der Waals surface area contributed by atoms with Crippen LogP contribution in [0.15, 0.2) is 40.4 Å². The molecule has 0 atom stereocenters. The molecule has 0 radical (unpaired) electrons. The van der Waals surface area contributed by atoms with Crippen LogP contribution in [0, 0.1) is 0 Å². The van der Waals surface area contributed by atoms with Crippen molar-refractivity contribution >= 4 is 80.0 Å². The van der Waals surface area contributed by atoms with Crippen molar-refractivity contribution in [3.63, 3.8) is 0 Å². The molecule has 0 aromatic heterocycles. The van der Waals surface area contributed by atoms with Crippen LogP contribution >= 0.6 is 51.3 Å². The fourth-order valence-electron chi connectivity index (χ4n) is 2.79. The number of ether oxygens (including phenoxy) is 2. The monoisotopic (exact) mass is 528 g/mol. The Balaban J connectivity index is 2.08. The Hall–Kier alpha value is -2.13. The van der Waals surface area contributed by atoms with E-state index in [-0.39, 0.29) is 26.4 Å². The molecule has 1 aliphatic heterocycles. The molecule has 6 nitrogen and oxygen atoms in total. The third-order valence-electron chi connectivity index (χ3n) is 4.16. The number of rotatable bonds is 5. The van der Waals surface area contributed by atoms with Crippen molar-refractivity contribution in [1.29, 1.82) is 0 Å². The molecule has 0 bridgehead atoms. The number of hydrogen-bond donors (Lipinski definition) is 1. The average molecular weight is 530 g/mol. The predicted molar refractivity (Wildman–Crippen MR) is 125 cm³/mol. The van der Waals surface area contributed by atoms with Crippen molar-refractivity contribution in [2.75, 3.05) is 18.6 Å². The van der Waals surface area contributed by atoms with Crippen molar-refractivity contribution in [3.8, 4) is 11.5 Å². The maximum absolute atomic E-state index is 13.2. The van der Waals surface area contributed by atoms with Crippen molar-refractivity contribution in [1.82, 2.24) is 5.32 Å². The number of amides is 2. The van der Waals surface area contributed by atoms with Crippen molar-refractivity contribution in [2.45, 2.75) is 6.92 Å². The van der Waals surface area contributed by atoms with Crippen LogP contribution in [0.5, 0.6) is 11.5 Å². The molecular formula is C20H15BrCl2N2O4S. The number of methoxy groups -OCH3 is 1. The molecule has 0 aliphatic carbocycles. The summed E-state index contributed by atoms with van der Waals surface area (Å²) in [6, 6.07) is 8.17. The van der Waals surface area contributed by atoms with E-state index in [4.69, 9.17) is 44.9 Å². The molecule has 1 heterocycles. The number of anilines is 1. The minimum Gasteiger partial charge on any atom is -0.493 e. The molecule has 1 saturated heterocycles. The zero-order chi connectivity index (χ0) is 22.0. The Morgan fingerprint density at radius 2 is 1.97 bits per heavy atom. The van der Waals surface area contributed by atoms with Crippen LogP contribution in [-0.2, 0) is 9.59 Å². The quantitative estimate of drug-likeness (QED) is 0.335. The fraction of sp³-hybridized carbons (Fsp3) is 0.150. The van der Waals surface area contributed by atoms with E-state index in [0.717, 1.165) is 4.90 Å². The Labute approximate surface area is 196 Å². The largest absolute Gasteiger partial charge is 0.493 e. The van der Waals surface area contributed by atoms with E-state index >= 15 is 0 Å². The number of nitrogens with one attached hydrogen (secondary N) is 1. The molecule has 2 amide bonds. The number of thiocarbonyl (C=S) groups is 1. The molecule has 0 saturated carbocycles. The highest BCUT2D eigenvalue weighted by Gasteiger charge is 2.36. The first kappa shape index (κ1) is 22.6. The highest BCUT2D eigenvalue weighted by atomic mass is 79.9. The van der Waals surface area contributed by atoms with E-state index < -0.39 is 11.8 Å². The topological polar surface area (TPSA) is 67.9 Å². The number of halogens is 3. The van der Waals surface area contributed by atoms with Crippen LogP contribution in [-0.4, -0.2) is 30.6 Å². The first-order valence-corrected chi connectivity index (χ1v) is 10.6. The van der Waals surface area contributed by atoms with Gasteiger partial charge in [0.15, 0.2) is 16.6 Å². The predicted octanol–water partition coefficient (Wildman–Crippen LogP) is 4.99. The van der Waals surface area contributed by atoms with Gasteiger partial charge in [0.05, 0.1) is 29.4 Å². The van der Waals surface area contributed by atoms with Crippen LogP contribution in [0.25, 0.3) is 6.08 Å². The maximum Gasteiger partial charge on any atom is 0.270 e. The third-order valence-corrected chi connectivity index (χ3v) is 5.94. The zero-order valence-electron chi connectivity index (χ0n) is 15.8. The number of benzene rings is 2. The van der Waals surface area contributed by atoms with Gasteiger partial charge in [0.1, 0.15) is 5.57 Å². The van der Waals surface area contributed by atoms with Gasteiger partial charge in [-0.15, -0.1) is 0 Å². The highest BCUT2D eigenvalue weighted by molar-refractivity contribution is 9.10. The molecule has 0 unspecified atom stereocenters. The molecular weight excluding hydrogens is 515 g/mol. The lowest BCUT2D eigenvalue weighted by molar-refractivity contribution is -0.122. The molecule has 1 fully saturated rings. The summed E-state index contributed by atoms with van der Waals surface area (Å²) < 4.78 is 11.5. The molecule has 30 heavy (non-hydrogen) atoms. The summed E-state index contributed by atoms with van der Waals surface area (Å²) in [7, 11) is 1.50. The Bertz CT molecular complexity index is 1090. The van der Waals surface area contributed by atoms with Gasteiger partial charge in [0.25, 0.3) is 11.8 Å². The summed E-state index contributed by atoms with van der Waals surface area (Å²) in [5, 5.41) is 2.83. The molecule has 1 aliphatic rings. The van der Waals surface area contributed by atoms with Gasteiger partial charge < -0.3 is 9.47 Å². The summed E-state index contributed by atoms with van der Waals surface area (Å²) in [5.41, 5.74) is 0.679. The van der Waals surface area contributed by atoms with Gasteiger partial charge in [-0.3, -0.25) is 19.8 Å². The number of nitrogens with zero attached hydrogens (tertiary/aromatic N) is 1. The Morgan fingerprint density at radius 3 is 2.63 bits per heavy atom. The van der Waals surface area contributed by atoms with Gasteiger partial charge in [-0.25, -0.2) is 0 Å². The molecule has 156 valence electrons. The van der Waals surface area contributed by atoms with Gasteiger partial charge in [0, 0.05) is 4.47 Å². The molecule has 1 N–H and O–H groups in total. The van der Waals surface area contributed by atoms with Crippen molar-refractivity contribution in [2.24, 2.45) is 0 Å². The Kier molecular flexibility index (Phi) is 7.02. The SMILES string of the molecule is CCOc1cc(Br)c(/C=C2\C(=O)NC(=S)N(c3cccc(Cl)c3Cl)C2=O)cc1OC. The third kappa shape index (κ3) is 4.32. The summed E-state index contributed by atoms with van der Waals surface area (Å²) in [5.74, 6) is -0.269. The van der Waals surface area contributed by atoms with Crippen molar-refractivity contribution in [3.05, 3.63) is 56.0 Å². The first-order chi connectivity index (χ1) is 14.3. The van der Waals surface area contributed by atoms with Gasteiger partial charge in [0.2, 0.25) is 0 Å². The van der Waals surface area contributed by atoms with Crippen LogP contribution in [0.1, 0.15) is 12.5 Å². The fourth-order valence-corrected chi connectivity index (χ4v) is 3.88. The van der Waals surface area contributed by atoms with Gasteiger partial charge in [-0.1, -0.05) is 45.2 Å².